The molecule has 0 spiro atoms. The number of hydrogen-bond donors (Lipinski definition) is 1. The maximum atomic E-state index is 11.0. The third kappa shape index (κ3) is 2.50. The lowest BCUT2D eigenvalue weighted by Crippen LogP contribution is -2.60. The summed E-state index contributed by atoms with van der Waals surface area (Å²) in [5.41, 5.74) is 5.48. The van der Waals surface area contributed by atoms with Gasteiger partial charge in [-0.05, 0) is 0 Å². The Bertz CT molecular complexity index is 534. The molecule has 0 amide bonds. The summed E-state index contributed by atoms with van der Waals surface area (Å²) in [6, 6.07) is 2.60. The van der Waals surface area contributed by atoms with E-state index in [0.717, 1.165) is 0 Å². The molecule has 2 N–H and O–H groups in total. The molecule has 1 aromatic carbocycles. The fraction of sp³-hybridized carbons (Fsp3) is 0.500. The zero-order chi connectivity index (χ0) is 14.4. The summed E-state index contributed by atoms with van der Waals surface area (Å²) in [5.74, 6) is 0.129. The molecule has 2 rings (SSSR count). The number of rotatable bonds is 3. The second kappa shape index (κ2) is 4.81. The molecule has 1 saturated carbocycles. The second-order valence-electron chi connectivity index (χ2n) is 5.26. The maximum Gasteiger partial charge on any atom is 0.312 e. The van der Waals surface area contributed by atoms with Gasteiger partial charge >= 0.3 is 5.69 Å². The lowest BCUT2D eigenvalue weighted by atomic mass is 9.65. The van der Waals surface area contributed by atoms with Crippen LogP contribution in [0.2, 0.25) is 10.0 Å². The Labute approximate surface area is 120 Å². The van der Waals surface area contributed by atoms with E-state index < -0.39 is 4.92 Å². The van der Waals surface area contributed by atoms with Gasteiger partial charge in [0.05, 0.1) is 15.0 Å². The van der Waals surface area contributed by atoms with Gasteiger partial charge in [0.15, 0.2) is 5.75 Å². The quantitative estimate of drug-likeness (QED) is 0.685. The Kier molecular flexibility index (Phi) is 3.64. The van der Waals surface area contributed by atoms with Crippen molar-refractivity contribution in [2.45, 2.75) is 32.4 Å². The first-order chi connectivity index (χ1) is 8.73. The van der Waals surface area contributed by atoms with Crippen molar-refractivity contribution < 1.29 is 9.66 Å². The van der Waals surface area contributed by atoms with Crippen molar-refractivity contribution in [1.82, 2.24) is 0 Å². The second-order valence-corrected chi connectivity index (χ2v) is 6.08. The molecular weight excluding hydrogens is 291 g/mol. The van der Waals surface area contributed by atoms with Crippen molar-refractivity contribution in [3.05, 3.63) is 32.3 Å². The molecule has 2 atom stereocenters. The number of nitrogens with two attached hydrogens (primary N) is 1. The fourth-order valence-electron chi connectivity index (χ4n) is 2.02. The minimum atomic E-state index is -0.539. The molecule has 1 aliphatic rings. The van der Waals surface area contributed by atoms with Crippen LogP contribution in [0.15, 0.2) is 12.1 Å². The molecule has 0 radical (unpaired) electrons. The van der Waals surface area contributed by atoms with E-state index in [1.54, 1.807) is 0 Å². The summed E-state index contributed by atoms with van der Waals surface area (Å²) in [7, 11) is 0. The Morgan fingerprint density at radius 3 is 2.47 bits per heavy atom. The van der Waals surface area contributed by atoms with Gasteiger partial charge in [0.2, 0.25) is 0 Å². The zero-order valence-corrected chi connectivity index (χ0v) is 12.0. The highest BCUT2D eigenvalue weighted by Crippen LogP contribution is 2.44. The van der Waals surface area contributed by atoms with Gasteiger partial charge < -0.3 is 10.5 Å². The predicted molar refractivity (Wildman–Crippen MR) is 73.9 cm³/mol. The van der Waals surface area contributed by atoms with Gasteiger partial charge in [0.25, 0.3) is 0 Å². The van der Waals surface area contributed by atoms with Gasteiger partial charge in [-0.3, -0.25) is 10.1 Å². The molecule has 2 unspecified atom stereocenters. The van der Waals surface area contributed by atoms with E-state index in [9.17, 15) is 10.1 Å². The SMILES string of the molecule is CC1(C)C(N)CC1Oc1cc(Cl)c(Cl)cc1[N+](=O)[O-]. The van der Waals surface area contributed by atoms with Crippen LogP contribution >= 0.6 is 23.2 Å². The van der Waals surface area contributed by atoms with Crippen molar-refractivity contribution >= 4 is 28.9 Å². The molecule has 19 heavy (non-hydrogen) atoms. The third-order valence-corrected chi connectivity index (χ3v) is 4.44. The number of benzene rings is 1. The minimum Gasteiger partial charge on any atom is -0.483 e. The lowest BCUT2D eigenvalue weighted by molar-refractivity contribution is -0.386. The topological polar surface area (TPSA) is 78.4 Å². The normalized spacial score (nSPS) is 24.7. The summed E-state index contributed by atoms with van der Waals surface area (Å²) in [6.07, 6.45) is 0.489. The van der Waals surface area contributed by atoms with Crippen molar-refractivity contribution in [2.24, 2.45) is 11.1 Å². The predicted octanol–water partition coefficient (Wildman–Crippen LogP) is 3.41. The molecule has 0 aliphatic heterocycles. The average molecular weight is 305 g/mol. The fourth-order valence-corrected chi connectivity index (χ4v) is 2.34. The molecule has 1 aromatic rings. The van der Waals surface area contributed by atoms with Gasteiger partial charge in [0.1, 0.15) is 6.10 Å². The molecule has 5 nitrogen and oxygen atoms in total. The van der Waals surface area contributed by atoms with E-state index in [-0.39, 0.29) is 39.0 Å². The number of nitro groups is 1. The molecule has 7 heteroatoms. The van der Waals surface area contributed by atoms with Crippen LogP contribution in [-0.4, -0.2) is 17.1 Å². The smallest absolute Gasteiger partial charge is 0.312 e. The lowest BCUT2D eigenvalue weighted by Gasteiger charge is -2.49. The molecular formula is C12H14Cl2N2O3. The number of nitro benzene ring substituents is 1. The highest BCUT2D eigenvalue weighted by Gasteiger charge is 2.48. The first-order valence-corrected chi connectivity index (χ1v) is 6.54. The van der Waals surface area contributed by atoms with E-state index in [0.29, 0.717) is 6.42 Å². The molecule has 0 saturated heterocycles. The highest BCUT2D eigenvalue weighted by molar-refractivity contribution is 6.42. The molecule has 1 aliphatic carbocycles. The Morgan fingerprint density at radius 1 is 1.42 bits per heavy atom. The average Bonchev–Trinajstić information content (AvgIpc) is 2.32. The van der Waals surface area contributed by atoms with Crippen molar-refractivity contribution in [3.8, 4) is 5.75 Å². The third-order valence-electron chi connectivity index (χ3n) is 3.72. The van der Waals surface area contributed by atoms with E-state index in [2.05, 4.69) is 0 Å². The van der Waals surface area contributed by atoms with E-state index >= 15 is 0 Å². The Morgan fingerprint density at radius 2 is 2.00 bits per heavy atom. The first-order valence-electron chi connectivity index (χ1n) is 5.79. The van der Waals surface area contributed by atoms with E-state index in [4.69, 9.17) is 33.7 Å². The highest BCUT2D eigenvalue weighted by atomic mass is 35.5. The van der Waals surface area contributed by atoms with Gasteiger partial charge in [-0.2, -0.15) is 0 Å². The summed E-state index contributed by atoms with van der Waals surface area (Å²) >= 11 is 11.7. The van der Waals surface area contributed by atoms with Crippen LogP contribution < -0.4 is 10.5 Å². The van der Waals surface area contributed by atoms with E-state index in [1.165, 1.54) is 12.1 Å². The molecule has 104 valence electrons. The molecule has 0 heterocycles. The summed E-state index contributed by atoms with van der Waals surface area (Å²) < 4.78 is 5.70. The van der Waals surface area contributed by atoms with Crippen LogP contribution in [0, 0.1) is 15.5 Å². The monoisotopic (exact) mass is 304 g/mol. The van der Waals surface area contributed by atoms with Crippen LogP contribution in [0.25, 0.3) is 0 Å². The number of hydrogen-bond acceptors (Lipinski definition) is 4. The zero-order valence-electron chi connectivity index (χ0n) is 10.5. The van der Waals surface area contributed by atoms with Crippen LogP contribution in [-0.2, 0) is 0 Å². The Hall–Kier alpha value is -1.04. The van der Waals surface area contributed by atoms with Gasteiger partial charge in [-0.25, -0.2) is 0 Å². The largest absolute Gasteiger partial charge is 0.483 e. The number of halogens is 2. The van der Waals surface area contributed by atoms with Crippen LogP contribution in [0.1, 0.15) is 20.3 Å². The van der Waals surface area contributed by atoms with Gasteiger partial charge in [-0.15, -0.1) is 0 Å². The van der Waals surface area contributed by atoms with Crippen LogP contribution in [0.4, 0.5) is 5.69 Å². The summed E-state index contributed by atoms with van der Waals surface area (Å²) in [5, 5.41) is 11.4. The van der Waals surface area contributed by atoms with Crippen molar-refractivity contribution in [1.29, 1.82) is 0 Å². The van der Waals surface area contributed by atoms with Crippen molar-refractivity contribution in [3.63, 3.8) is 0 Å². The van der Waals surface area contributed by atoms with Crippen LogP contribution in [0.5, 0.6) is 5.75 Å². The van der Waals surface area contributed by atoms with E-state index in [1.807, 2.05) is 13.8 Å². The summed E-state index contributed by atoms with van der Waals surface area (Å²) in [6.45, 7) is 3.93. The number of ether oxygens (including phenoxy) is 1. The number of nitrogens with zero attached hydrogens (tertiary/aromatic N) is 1. The van der Waals surface area contributed by atoms with Crippen molar-refractivity contribution in [2.75, 3.05) is 0 Å². The van der Waals surface area contributed by atoms with Gasteiger partial charge in [-0.1, -0.05) is 37.0 Å². The Balaban J connectivity index is 2.30. The first kappa shape index (κ1) is 14.4. The molecule has 0 bridgehead atoms. The minimum absolute atomic E-state index is 0.0272. The maximum absolute atomic E-state index is 11.0. The molecule has 1 fully saturated rings. The van der Waals surface area contributed by atoms with Gasteiger partial charge in [0, 0.05) is 30.0 Å². The summed E-state index contributed by atoms with van der Waals surface area (Å²) in [4.78, 5) is 10.5. The van der Waals surface area contributed by atoms with Crippen LogP contribution in [0.3, 0.4) is 0 Å². The molecule has 0 aromatic heterocycles. The standard InChI is InChI=1S/C12H14Cl2N2O3/c1-12(2)10(15)5-11(12)19-9-4-7(14)6(13)3-8(9)16(17)18/h3-4,10-11H,5,15H2,1-2H3.